The quantitative estimate of drug-likeness (QED) is 0.435. The van der Waals surface area contributed by atoms with Crippen molar-refractivity contribution in [2.45, 2.75) is 32.2 Å². The largest absolute Gasteiger partial charge is 0.417 e. The van der Waals surface area contributed by atoms with E-state index >= 15 is 4.39 Å². The number of aromatic nitrogens is 3. The number of nitrogens with zero attached hydrogens (tertiary/aromatic N) is 5. The van der Waals surface area contributed by atoms with Crippen molar-refractivity contribution < 1.29 is 27.1 Å². The van der Waals surface area contributed by atoms with E-state index in [0.29, 0.717) is 57.0 Å². The Balaban J connectivity index is 1.56. The fourth-order valence-corrected chi connectivity index (χ4v) is 5.12. The molecule has 2 aliphatic heterocycles. The molecule has 0 aliphatic carbocycles. The zero-order valence-electron chi connectivity index (χ0n) is 23.3. The number of hydrogen-bond donors (Lipinski definition) is 2. The highest BCUT2D eigenvalue weighted by molar-refractivity contribution is 6.07. The first-order chi connectivity index (χ1) is 19.9. The Bertz CT molecular complexity index is 1530. The van der Waals surface area contributed by atoms with Crippen molar-refractivity contribution in [3.05, 3.63) is 64.0 Å². The number of amides is 1. The van der Waals surface area contributed by atoms with Gasteiger partial charge < -0.3 is 29.7 Å². The van der Waals surface area contributed by atoms with Crippen LogP contribution in [0.4, 0.5) is 34.9 Å². The maximum atomic E-state index is 15.8. The molecule has 3 aromatic rings. The number of alkyl halides is 3. The molecule has 4 heterocycles. The second-order valence-electron chi connectivity index (χ2n) is 10.6. The van der Waals surface area contributed by atoms with Gasteiger partial charge in [0, 0.05) is 62.8 Å². The summed E-state index contributed by atoms with van der Waals surface area (Å²) >= 11 is 0. The summed E-state index contributed by atoms with van der Waals surface area (Å²) in [7, 11) is 1.96. The molecule has 0 saturated carbocycles. The standard InChI is InChI=1S/C28H31F4N7O3/c1-16-14-38(7-6-37(16)3)24-12-21(29)18(22-4-5-33-27(36-22)39-8-9-42-17(2)15-39)10-23(24)35-26(41)19-13-34-25(40)11-20(19)28(30,31)32/h4-5,10-13,16-17H,6-9,14-15H2,1-3H3,(H,34,40)(H,35,41). The molecule has 42 heavy (non-hydrogen) atoms. The third-order valence-electron chi connectivity index (χ3n) is 7.55. The lowest BCUT2D eigenvalue weighted by molar-refractivity contribution is -0.138. The number of H-pyrrole nitrogens is 1. The third-order valence-corrected chi connectivity index (χ3v) is 7.55. The summed E-state index contributed by atoms with van der Waals surface area (Å²) in [5.41, 5.74) is -2.43. The van der Waals surface area contributed by atoms with E-state index in [4.69, 9.17) is 4.74 Å². The number of aromatic amines is 1. The van der Waals surface area contributed by atoms with Gasteiger partial charge in [0.15, 0.2) is 0 Å². The molecule has 2 N–H and O–H groups in total. The summed E-state index contributed by atoms with van der Waals surface area (Å²) < 4.78 is 62.5. The Kier molecular flexibility index (Phi) is 8.19. The Morgan fingerprint density at radius 3 is 2.62 bits per heavy atom. The van der Waals surface area contributed by atoms with Crippen LogP contribution in [0.25, 0.3) is 11.3 Å². The predicted octanol–water partition coefficient (Wildman–Crippen LogP) is 3.61. The summed E-state index contributed by atoms with van der Waals surface area (Å²) in [6.07, 6.45) is -2.76. The van der Waals surface area contributed by atoms with E-state index in [1.807, 2.05) is 30.7 Å². The number of nitrogens with one attached hydrogen (secondary N) is 2. The van der Waals surface area contributed by atoms with Crippen LogP contribution in [-0.4, -0.2) is 84.3 Å². The van der Waals surface area contributed by atoms with Gasteiger partial charge in [-0.25, -0.2) is 14.4 Å². The van der Waals surface area contributed by atoms with Gasteiger partial charge in [0.1, 0.15) is 5.82 Å². The van der Waals surface area contributed by atoms with Crippen molar-refractivity contribution in [3.63, 3.8) is 0 Å². The van der Waals surface area contributed by atoms with Crippen molar-refractivity contribution in [2.24, 2.45) is 0 Å². The van der Waals surface area contributed by atoms with Crippen LogP contribution in [0.2, 0.25) is 0 Å². The number of rotatable bonds is 5. The maximum Gasteiger partial charge on any atom is 0.417 e. The van der Waals surface area contributed by atoms with Gasteiger partial charge in [-0.05, 0) is 39.1 Å². The van der Waals surface area contributed by atoms with Crippen LogP contribution in [0.1, 0.15) is 29.8 Å². The smallest absolute Gasteiger partial charge is 0.375 e. The highest BCUT2D eigenvalue weighted by Gasteiger charge is 2.36. The van der Waals surface area contributed by atoms with E-state index in [1.54, 1.807) is 0 Å². The van der Waals surface area contributed by atoms with Crippen LogP contribution in [0.3, 0.4) is 0 Å². The Morgan fingerprint density at radius 2 is 1.90 bits per heavy atom. The highest BCUT2D eigenvalue weighted by atomic mass is 19.4. The molecule has 0 bridgehead atoms. The SMILES string of the molecule is CC1CN(c2nccc(-c3cc(NC(=O)c4c[nH]c(=O)cc4C(F)(F)F)c(N4CCN(C)C(C)C4)cc3F)n2)CCO1. The minimum atomic E-state index is -4.95. The Labute approximate surface area is 239 Å². The lowest BCUT2D eigenvalue weighted by Crippen LogP contribution is -2.50. The van der Waals surface area contributed by atoms with Crippen molar-refractivity contribution in [1.29, 1.82) is 0 Å². The van der Waals surface area contributed by atoms with Crippen molar-refractivity contribution in [3.8, 4) is 11.3 Å². The number of piperazine rings is 1. The second-order valence-corrected chi connectivity index (χ2v) is 10.6. The maximum absolute atomic E-state index is 15.8. The molecule has 224 valence electrons. The van der Waals surface area contributed by atoms with Crippen molar-refractivity contribution in [1.82, 2.24) is 19.9 Å². The van der Waals surface area contributed by atoms with E-state index in [1.165, 1.54) is 24.4 Å². The molecule has 14 heteroatoms. The van der Waals surface area contributed by atoms with Crippen LogP contribution in [0, 0.1) is 5.82 Å². The monoisotopic (exact) mass is 589 g/mol. The molecule has 2 saturated heterocycles. The summed E-state index contributed by atoms with van der Waals surface area (Å²) in [5, 5.41) is 2.55. The Hall–Kier alpha value is -4.04. The van der Waals surface area contributed by atoms with Gasteiger partial charge in [0.25, 0.3) is 5.91 Å². The molecule has 0 spiro atoms. The lowest BCUT2D eigenvalue weighted by Gasteiger charge is -2.39. The van der Waals surface area contributed by atoms with Crippen LogP contribution in [0.15, 0.2) is 41.5 Å². The fraction of sp³-hybridized carbons (Fsp3) is 0.429. The lowest BCUT2D eigenvalue weighted by atomic mass is 10.1. The molecule has 2 aromatic heterocycles. The number of likely N-dealkylation sites (N-methyl/N-ethyl adjacent to an activating group) is 1. The van der Waals surface area contributed by atoms with Gasteiger partial charge in [-0.15, -0.1) is 0 Å². The van der Waals surface area contributed by atoms with Gasteiger partial charge in [-0.2, -0.15) is 13.2 Å². The van der Waals surface area contributed by atoms with E-state index < -0.39 is 34.6 Å². The summed E-state index contributed by atoms with van der Waals surface area (Å²) in [6, 6.07) is 4.60. The van der Waals surface area contributed by atoms with Gasteiger partial charge in [-0.3, -0.25) is 9.59 Å². The van der Waals surface area contributed by atoms with Crippen molar-refractivity contribution in [2.75, 3.05) is 61.5 Å². The van der Waals surface area contributed by atoms with E-state index in [-0.39, 0.29) is 29.1 Å². The van der Waals surface area contributed by atoms with Crippen molar-refractivity contribution >= 4 is 23.2 Å². The molecule has 1 amide bonds. The van der Waals surface area contributed by atoms with Crippen LogP contribution < -0.4 is 20.7 Å². The zero-order valence-corrected chi connectivity index (χ0v) is 23.3. The molecule has 10 nitrogen and oxygen atoms in total. The normalized spacial score (nSPS) is 20.1. The first-order valence-corrected chi connectivity index (χ1v) is 13.5. The number of hydrogen-bond acceptors (Lipinski definition) is 8. The summed E-state index contributed by atoms with van der Waals surface area (Å²) in [4.78, 5) is 41.8. The van der Waals surface area contributed by atoms with Crippen LogP contribution >= 0.6 is 0 Å². The molecular formula is C28H31F4N7O3. The number of ether oxygens (including phenoxy) is 1. The number of benzene rings is 1. The molecule has 2 fully saturated rings. The average molecular weight is 590 g/mol. The molecular weight excluding hydrogens is 558 g/mol. The number of pyridine rings is 1. The first-order valence-electron chi connectivity index (χ1n) is 13.5. The number of halogens is 4. The predicted molar refractivity (Wildman–Crippen MR) is 149 cm³/mol. The van der Waals surface area contributed by atoms with Gasteiger partial charge in [0.05, 0.1) is 40.9 Å². The molecule has 5 rings (SSSR count). The molecule has 0 radical (unpaired) electrons. The highest BCUT2D eigenvalue weighted by Crippen LogP contribution is 2.36. The molecule has 2 atom stereocenters. The molecule has 2 aliphatic rings. The number of morpholine rings is 1. The van der Waals surface area contributed by atoms with Gasteiger partial charge in [0.2, 0.25) is 11.5 Å². The number of carbonyl (C=O) groups is 1. The Morgan fingerprint density at radius 1 is 1.12 bits per heavy atom. The van der Waals surface area contributed by atoms with Crippen LogP contribution in [0.5, 0.6) is 0 Å². The molecule has 1 aromatic carbocycles. The minimum Gasteiger partial charge on any atom is -0.375 e. The van der Waals surface area contributed by atoms with Gasteiger partial charge in [-0.1, -0.05) is 0 Å². The molecule has 2 unspecified atom stereocenters. The van der Waals surface area contributed by atoms with E-state index in [0.717, 1.165) is 6.20 Å². The van der Waals surface area contributed by atoms with E-state index in [9.17, 15) is 22.8 Å². The first kappa shape index (κ1) is 29.5. The number of carbonyl (C=O) groups excluding carboxylic acids is 1. The zero-order chi connectivity index (χ0) is 30.2. The van der Waals surface area contributed by atoms with E-state index in [2.05, 4.69) is 25.2 Å². The third kappa shape index (κ3) is 6.23. The minimum absolute atomic E-state index is 0.0377. The van der Waals surface area contributed by atoms with Gasteiger partial charge >= 0.3 is 6.18 Å². The topological polar surface area (TPSA) is 107 Å². The number of anilines is 3. The fourth-order valence-electron chi connectivity index (χ4n) is 5.12. The second kappa shape index (κ2) is 11.7. The summed E-state index contributed by atoms with van der Waals surface area (Å²) in [5.74, 6) is -1.34. The van der Waals surface area contributed by atoms with Crippen LogP contribution in [-0.2, 0) is 10.9 Å². The average Bonchev–Trinajstić information content (AvgIpc) is 2.95. The summed E-state index contributed by atoms with van der Waals surface area (Å²) in [6.45, 7) is 7.17.